The molecule has 190 valence electrons. The number of fused-ring (bicyclic) bond motifs is 1. The van der Waals surface area contributed by atoms with Crippen LogP contribution >= 0.6 is 0 Å². The van der Waals surface area contributed by atoms with E-state index in [1.165, 1.54) is 0 Å². The highest BCUT2D eigenvalue weighted by atomic mass is 16.5. The number of aromatic nitrogens is 1. The highest BCUT2D eigenvalue weighted by molar-refractivity contribution is 6.06. The molecule has 1 amide bonds. The van der Waals surface area contributed by atoms with Gasteiger partial charge in [-0.05, 0) is 80.1 Å². The van der Waals surface area contributed by atoms with Crippen molar-refractivity contribution < 1.29 is 19.4 Å². The summed E-state index contributed by atoms with van der Waals surface area (Å²) < 4.78 is 11.4. The van der Waals surface area contributed by atoms with Crippen molar-refractivity contribution >= 4 is 22.5 Å². The third-order valence-corrected chi connectivity index (χ3v) is 7.29. The lowest BCUT2D eigenvalue weighted by Crippen LogP contribution is -2.41. The molecular weight excluding hydrogens is 454 g/mol. The number of amides is 1. The van der Waals surface area contributed by atoms with E-state index in [1.54, 1.807) is 12.1 Å². The predicted octanol–water partition coefficient (Wildman–Crippen LogP) is 4.75. The number of pyridine rings is 1. The quantitative estimate of drug-likeness (QED) is 0.423. The number of nitrogens with one attached hydrogen (secondary N) is 2. The third kappa shape index (κ3) is 5.86. The molecule has 2 fully saturated rings. The lowest BCUT2D eigenvalue weighted by atomic mass is 9.92. The summed E-state index contributed by atoms with van der Waals surface area (Å²) in [6.07, 6.45) is 8.02. The van der Waals surface area contributed by atoms with Crippen LogP contribution in [-0.2, 0) is 11.3 Å². The summed E-state index contributed by atoms with van der Waals surface area (Å²) in [5.74, 6) is 0.561. The van der Waals surface area contributed by atoms with Crippen molar-refractivity contribution in [3.8, 4) is 5.75 Å². The van der Waals surface area contributed by atoms with Crippen LogP contribution in [0.3, 0.4) is 0 Å². The number of benzene rings is 2. The molecule has 3 aromatic rings. The number of hydrogen-bond donors (Lipinski definition) is 3. The van der Waals surface area contributed by atoms with E-state index in [4.69, 9.17) is 9.47 Å². The topological polar surface area (TPSA) is 92.7 Å². The van der Waals surface area contributed by atoms with E-state index in [-0.39, 0.29) is 24.2 Å². The number of ether oxygens (including phenoxy) is 2. The summed E-state index contributed by atoms with van der Waals surface area (Å²) in [5.41, 5.74) is 4.19. The van der Waals surface area contributed by atoms with Gasteiger partial charge in [-0.25, -0.2) is 0 Å². The number of aryl methyl sites for hydroxylation is 1. The van der Waals surface area contributed by atoms with Crippen LogP contribution in [0.25, 0.3) is 10.9 Å². The zero-order valence-corrected chi connectivity index (χ0v) is 20.8. The molecule has 0 bridgehead atoms. The van der Waals surface area contributed by atoms with Gasteiger partial charge in [0.05, 0.1) is 17.7 Å². The number of aliphatic hydroxyl groups excluding tert-OH is 1. The number of nitrogens with zero attached hydrogens (tertiary/aromatic N) is 1. The molecule has 1 saturated heterocycles. The number of aliphatic hydroxyl groups is 1. The monoisotopic (exact) mass is 489 g/mol. The Balaban J connectivity index is 1.20. The average Bonchev–Trinajstić information content (AvgIpc) is 3.43. The van der Waals surface area contributed by atoms with Gasteiger partial charge < -0.3 is 25.2 Å². The number of carbonyl (C=O) groups is 1. The van der Waals surface area contributed by atoms with Gasteiger partial charge >= 0.3 is 0 Å². The van der Waals surface area contributed by atoms with Crippen LogP contribution in [0.15, 0.2) is 48.7 Å². The van der Waals surface area contributed by atoms with Crippen molar-refractivity contribution in [2.24, 2.45) is 0 Å². The van der Waals surface area contributed by atoms with E-state index in [1.807, 2.05) is 37.4 Å². The first-order valence-electron chi connectivity index (χ1n) is 13.0. The highest BCUT2D eigenvalue weighted by Gasteiger charge is 2.22. The van der Waals surface area contributed by atoms with Crippen molar-refractivity contribution in [3.05, 3.63) is 65.4 Å². The van der Waals surface area contributed by atoms with Crippen LogP contribution in [0, 0.1) is 6.92 Å². The fourth-order valence-corrected chi connectivity index (χ4v) is 5.09. The molecule has 3 atom stereocenters. The minimum Gasteiger partial charge on any atom is -0.491 e. The maximum Gasteiger partial charge on any atom is 0.255 e. The summed E-state index contributed by atoms with van der Waals surface area (Å²) in [6.45, 7) is 3.99. The molecule has 7 nitrogen and oxygen atoms in total. The second-order valence-electron chi connectivity index (χ2n) is 9.92. The molecule has 2 unspecified atom stereocenters. The van der Waals surface area contributed by atoms with Crippen LogP contribution in [0.4, 0.5) is 5.69 Å². The van der Waals surface area contributed by atoms with Gasteiger partial charge in [-0.1, -0.05) is 18.9 Å². The van der Waals surface area contributed by atoms with E-state index < -0.39 is 0 Å². The Morgan fingerprint density at radius 2 is 1.94 bits per heavy atom. The molecule has 3 N–H and O–H groups in total. The normalized spacial score (nSPS) is 22.0. The highest BCUT2D eigenvalue weighted by Crippen LogP contribution is 2.26. The van der Waals surface area contributed by atoms with E-state index in [0.29, 0.717) is 18.7 Å². The second kappa shape index (κ2) is 11.4. The van der Waals surface area contributed by atoms with Gasteiger partial charge in [0, 0.05) is 42.0 Å². The summed E-state index contributed by atoms with van der Waals surface area (Å²) in [6, 6.07) is 13.4. The maximum atomic E-state index is 12.9. The van der Waals surface area contributed by atoms with E-state index in [2.05, 4.69) is 21.7 Å². The van der Waals surface area contributed by atoms with Crippen molar-refractivity contribution in [2.45, 2.75) is 70.2 Å². The minimum absolute atomic E-state index is 0.149. The molecule has 2 heterocycles. The van der Waals surface area contributed by atoms with Gasteiger partial charge in [-0.3, -0.25) is 9.78 Å². The van der Waals surface area contributed by atoms with Crippen molar-refractivity contribution in [2.75, 3.05) is 18.5 Å². The Morgan fingerprint density at radius 1 is 1.11 bits per heavy atom. The smallest absolute Gasteiger partial charge is 0.255 e. The zero-order valence-electron chi connectivity index (χ0n) is 20.8. The molecule has 1 aromatic heterocycles. The lowest BCUT2D eigenvalue weighted by molar-refractivity contribution is 0.0679. The lowest BCUT2D eigenvalue weighted by Gasteiger charge is -2.28. The molecule has 5 rings (SSSR count). The molecule has 2 aromatic carbocycles. The largest absolute Gasteiger partial charge is 0.491 e. The Kier molecular flexibility index (Phi) is 7.80. The summed E-state index contributed by atoms with van der Waals surface area (Å²) in [5, 5.41) is 17.7. The number of carbonyl (C=O) groups excluding carboxylic acids is 1. The van der Waals surface area contributed by atoms with Gasteiger partial charge in [0.2, 0.25) is 0 Å². The molecule has 0 radical (unpaired) electrons. The SMILES string of the molecule is Cc1c(NC(=O)c2ccc(OCC3CCCO3)cc2)ccc2cc(CNC3CCCC[C@H]3O)cnc12. The van der Waals surface area contributed by atoms with Gasteiger partial charge in [0.25, 0.3) is 5.91 Å². The van der Waals surface area contributed by atoms with Crippen LogP contribution in [0.1, 0.15) is 60.0 Å². The number of anilines is 1. The zero-order chi connectivity index (χ0) is 24.9. The molecule has 2 aliphatic rings. The Bertz CT molecular complexity index is 1190. The number of hydrogen-bond acceptors (Lipinski definition) is 6. The molecular formula is C29H35N3O4. The minimum atomic E-state index is -0.268. The van der Waals surface area contributed by atoms with E-state index in [9.17, 15) is 9.90 Å². The number of rotatable bonds is 8. The van der Waals surface area contributed by atoms with E-state index in [0.717, 1.165) is 78.6 Å². The average molecular weight is 490 g/mol. The summed E-state index contributed by atoms with van der Waals surface area (Å²) in [4.78, 5) is 17.6. The van der Waals surface area contributed by atoms with Crippen LogP contribution in [0.2, 0.25) is 0 Å². The summed E-state index contributed by atoms with van der Waals surface area (Å²) >= 11 is 0. The van der Waals surface area contributed by atoms with Crippen LogP contribution in [-0.4, -0.2) is 47.5 Å². The Morgan fingerprint density at radius 3 is 2.72 bits per heavy atom. The first kappa shape index (κ1) is 24.7. The molecule has 1 aliphatic heterocycles. The first-order chi connectivity index (χ1) is 17.6. The molecule has 7 heteroatoms. The van der Waals surface area contributed by atoms with Crippen molar-refractivity contribution in [3.63, 3.8) is 0 Å². The van der Waals surface area contributed by atoms with Crippen molar-refractivity contribution in [1.82, 2.24) is 10.3 Å². The van der Waals surface area contributed by atoms with Crippen molar-refractivity contribution in [1.29, 1.82) is 0 Å². The second-order valence-corrected chi connectivity index (χ2v) is 9.92. The van der Waals surface area contributed by atoms with Gasteiger partial charge in [0.15, 0.2) is 0 Å². The van der Waals surface area contributed by atoms with Gasteiger partial charge in [-0.2, -0.15) is 0 Å². The molecule has 1 saturated carbocycles. The van der Waals surface area contributed by atoms with Crippen LogP contribution in [0.5, 0.6) is 5.75 Å². The molecule has 1 aliphatic carbocycles. The summed E-state index contributed by atoms with van der Waals surface area (Å²) in [7, 11) is 0. The molecule has 36 heavy (non-hydrogen) atoms. The Labute approximate surface area is 212 Å². The first-order valence-corrected chi connectivity index (χ1v) is 13.0. The Hall–Kier alpha value is -3.00. The predicted molar refractivity (Wildman–Crippen MR) is 140 cm³/mol. The van der Waals surface area contributed by atoms with Crippen LogP contribution < -0.4 is 15.4 Å². The third-order valence-electron chi connectivity index (χ3n) is 7.29. The van der Waals surface area contributed by atoms with E-state index >= 15 is 0 Å². The van der Waals surface area contributed by atoms with Gasteiger partial charge in [0.1, 0.15) is 12.4 Å². The molecule has 0 spiro atoms. The fraction of sp³-hybridized carbons (Fsp3) is 0.448. The fourth-order valence-electron chi connectivity index (χ4n) is 5.09. The maximum absolute atomic E-state index is 12.9. The standard InChI is InChI=1S/C29H35N3O4/c1-19-25(32-29(34)21-8-11-23(12-9-21)36-18-24-5-4-14-35-24)13-10-22-15-20(17-31-28(19)22)16-30-26-6-2-3-7-27(26)33/h8-13,15,17,24,26-27,30,33H,2-7,14,16,18H2,1H3,(H,32,34)/t24?,26?,27-/m1/s1. The van der Waals surface area contributed by atoms with Gasteiger partial charge in [-0.15, -0.1) is 0 Å².